The number of nitrogens with one attached hydrogen (secondary N) is 1. The van der Waals surface area contributed by atoms with E-state index in [1.165, 1.54) is 25.3 Å². The van der Waals surface area contributed by atoms with E-state index in [1.54, 1.807) is 0 Å². The van der Waals surface area contributed by atoms with Crippen molar-refractivity contribution < 1.29 is 41.4 Å². The Morgan fingerprint density at radius 3 is 2.40 bits per heavy atom. The molecule has 1 aromatic carbocycles. The lowest BCUT2D eigenvalue weighted by Gasteiger charge is -2.32. The van der Waals surface area contributed by atoms with Gasteiger partial charge in [-0.15, -0.1) is 0 Å². The van der Waals surface area contributed by atoms with Crippen molar-refractivity contribution in [2.24, 2.45) is 11.7 Å². The first kappa shape index (κ1) is 26.5. The van der Waals surface area contributed by atoms with Gasteiger partial charge in [-0.25, -0.2) is 0 Å². The third kappa shape index (κ3) is 4.59. The van der Waals surface area contributed by atoms with Crippen LogP contribution in [-0.2, 0) is 9.53 Å². The van der Waals surface area contributed by atoms with E-state index in [0.717, 1.165) is 27.2 Å². The number of anilines is 1. The fourth-order valence-corrected chi connectivity index (χ4v) is 4.40. The van der Waals surface area contributed by atoms with Crippen molar-refractivity contribution in [1.29, 1.82) is 0 Å². The number of amides is 2. The Morgan fingerprint density at radius 2 is 1.86 bits per heavy atom. The maximum Gasteiger partial charge on any atom is 0.417 e. The number of carbonyl (C=O) groups excluding carboxylic acids is 2. The Kier molecular flexibility index (Phi) is 7.19. The highest BCUT2D eigenvalue weighted by atomic mass is 35.5. The van der Waals surface area contributed by atoms with Gasteiger partial charge in [-0.2, -0.15) is 17.6 Å². The monoisotopic (exact) mass is 519 g/mol. The normalized spacial score (nSPS) is 24.2. The first-order valence-corrected chi connectivity index (χ1v) is 10.6. The van der Waals surface area contributed by atoms with Crippen LogP contribution < -0.4 is 20.5 Å². The summed E-state index contributed by atoms with van der Waals surface area (Å²) in [6.45, 7) is 2.04. The summed E-state index contributed by atoms with van der Waals surface area (Å²) in [5.74, 6) is -6.41. The number of aromatic nitrogens is 1. The molecule has 0 unspecified atom stereocenters. The van der Waals surface area contributed by atoms with Crippen LogP contribution in [0, 0.1) is 11.7 Å². The maximum absolute atomic E-state index is 15.0. The van der Waals surface area contributed by atoms with E-state index < -0.39 is 53.1 Å². The predicted octanol–water partition coefficient (Wildman–Crippen LogP) is 4.07. The van der Waals surface area contributed by atoms with Crippen LogP contribution in [-0.4, -0.2) is 48.9 Å². The van der Waals surface area contributed by atoms with Crippen molar-refractivity contribution in [1.82, 2.24) is 4.98 Å². The fourth-order valence-electron chi connectivity index (χ4n) is 4.12. The van der Waals surface area contributed by atoms with Gasteiger partial charge in [0.25, 0.3) is 11.8 Å². The SMILES string of the molecule is COc1c(Cl)cc([C@H]2[C@H](C(=O)Nc3ccnc(C(N)=O)c3)O[C@@](C)(C(F)(F)F)[C@H]2C)c(OC)c1F. The van der Waals surface area contributed by atoms with E-state index >= 15 is 4.39 Å². The second-order valence-corrected chi connectivity index (χ2v) is 8.48. The van der Waals surface area contributed by atoms with E-state index in [4.69, 9.17) is 31.5 Å². The summed E-state index contributed by atoms with van der Waals surface area (Å²) in [6, 6.07) is 3.65. The summed E-state index contributed by atoms with van der Waals surface area (Å²) < 4.78 is 72.7. The third-order valence-corrected chi connectivity index (χ3v) is 6.41. The Labute approximate surface area is 202 Å². The molecule has 2 heterocycles. The average Bonchev–Trinajstić information content (AvgIpc) is 3.06. The van der Waals surface area contributed by atoms with E-state index in [1.807, 2.05) is 0 Å². The van der Waals surface area contributed by atoms with Crippen molar-refractivity contribution in [2.45, 2.75) is 37.6 Å². The Morgan fingerprint density at radius 1 is 1.23 bits per heavy atom. The van der Waals surface area contributed by atoms with Crippen LogP contribution >= 0.6 is 11.6 Å². The van der Waals surface area contributed by atoms with Gasteiger partial charge in [0.2, 0.25) is 5.82 Å². The molecular formula is C22H22ClF4N3O5. The molecule has 1 saturated heterocycles. The van der Waals surface area contributed by atoms with Gasteiger partial charge in [-0.05, 0) is 25.1 Å². The molecule has 0 radical (unpaired) electrons. The molecule has 35 heavy (non-hydrogen) atoms. The molecule has 3 rings (SSSR count). The van der Waals surface area contributed by atoms with Crippen LogP contribution in [0.1, 0.15) is 35.8 Å². The maximum atomic E-state index is 15.0. The molecule has 0 spiro atoms. The number of nitrogens with two attached hydrogens (primary N) is 1. The lowest BCUT2D eigenvalue weighted by atomic mass is 9.77. The Bertz CT molecular complexity index is 1160. The number of ether oxygens (including phenoxy) is 3. The zero-order valence-electron chi connectivity index (χ0n) is 19.0. The van der Waals surface area contributed by atoms with Crippen LogP contribution in [0.4, 0.5) is 23.2 Å². The summed E-state index contributed by atoms with van der Waals surface area (Å²) in [5.41, 5.74) is 2.17. The number of hydrogen-bond acceptors (Lipinski definition) is 6. The number of hydrogen-bond donors (Lipinski definition) is 2. The minimum absolute atomic E-state index is 0.0420. The molecule has 1 fully saturated rings. The van der Waals surface area contributed by atoms with Crippen molar-refractivity contribution in [3.8, 4) is 11.5 Å². The van der Waals surface area contributed by atoms with Gasteiger partial charge in [-0.1, -0.05) is 18.5 Å². The zero-order chi connectivity index (χ0) is 26.3. The van der Waals surface area contributed by atoms with Crippen molar-refractivity contribution >= 4 is 29.1 Å². The number of benzene rings is 1. The van der Waals surface area contributed by atoms with E-state index in [9.17, 15) is 22.8 Å². The standard InChI is InChI=1S/C22H22ClF4N3O5/c1-9-14(11-8-12(23)17(34-4)15(24)16(11)33-3)18(35-21(9,2)22(25,26)27)20(32)30-10-5-6-29-13(7-10)19(28)31/h5-9,14,18H,1-4H3,(H2,28,31)(H,29,30,32)/t9-,14-,18+,21+/m0/s1. The van der Waals surface area contributed by atoms with Gasteiger partial charge >= 0.3 is 6.18 Å². The predicted molar refractivity (Wildman–Crippen MR) is 117 cm³/mol. The molecule has 4 atom stereocenters. The smallest absolute Gasteiger partial charge is 0.417 e. The number of methoxy groups -OCH3 is 2. The number of pyridine rings is 1. The minimum Gasteiger partial charge on any atom is -0.493 e. The summed E-state index contributed by atoms with van der Waals surface area (Å²) in [7, 11) is 2.28. The molecule has 0 aliphatic carbocycles. The molecular weight excluding hydrogens is 498 g/mol. The van der Waals surface area contributed by atoms with Gasteiger partial charge in [0.15, 0.2) is 17.1 Å². The summed E-state index contributed by atoms with van der Waals surface area (Å²) in [6.07, 6.45) is -5.44. The van der Waals surface area contributed by atoms with Crippen LogP contribution in [0.2, 0.25) is 5.02 Å². The molecule has 1 aliphatic heterocycles. The van der Waals surface area contributed by atoms with Gasteiger partial charge in [0.1, 0.15) is 11.8 Å². The summed E-state index contributed by atoms with van der Waals surface area (Å²) >= 11 is 6.12. The molecule has 190 valence electrons. The molecule has 3 N–H and O–H groups in total. The van der Waals surface area contributed by atoms with Crippen molar-refractivity contribution in [2.75, 3.05) is 19.5 Å². The second-order valence-electron chi connectivity index (χ2n) is 8.07. The lowest BCUT2D eigenvalue weighted by Crippen LogP contribution is -2.47. The molecule has 0 bridgehead atoms. The van der Waals surface area contributed by atoms with E-state index in [-0.39, 0.29) is 27.7 Å². The number of alkyl halides is 3. The molecule has 8 nitrogen and oxygen atoms in total. The van der Waals surface area contributed by atoms with E-state index in [2.05, 4.69) is 10.3 Å². The van der Waals surface area contributed by atoms with Crippen LogP contribution in [0.3, 0.4) is 0 Å². The molecule has 1 aromatic heterocycles. The van der Waals surface area contributed by atoms with Gasteiger partial charge in [-0.3, -0.25) is 14.6 Å². The summed E-state index contributed by atoms with van der Waals surface area (Å²) in [4.78, 5) is 28.3. The first-order valence-electron chi connectivity index (χ1n) is 10.2. The molecule has 2 aromatic rings. The Hall–Kier alpha value is -3.12. The van der Waals surface area contributed by atoms with Gasteiger partial charge < -0.3 is 25.3 Å². The molecule has 13 heteroatoms. The van der Waals surface area contributed by atoms with Crippen LogP contribution in [0.5, 0.6) is 11.5 Å². The molecule has 0 saturated carbocycles. The molecule has 1 aliphatic rings. The highest BCUT2D eigenvalue weighted by Crippen LogP contribution is 2.56. The van der Waals surface area contributed by atoms with Gasteiger partial charge in [0.05, 0.1) is 19.2 Å². The third-order valence-electron chi connectivity index (χ3n) is 6.13. The number of halogens is 5. The Balaban J connectivity index is 2.13. The van der Waals surface area contributed by atoms with Crippen LogP contribution in [0.25, 0.3) is 0 Å². The average molecular weight is 520 g/mol. The first-order chi connectivity index (χ1) is 16.3. The topological polar surface area (TPSA) is 113 Å². The number of nitrogens with zero attached hydrogens (tertiary/aromatic N) is 1. The quantitative estimate of drug-likeness (QED) is 0.556. The number of rotatable bonds is 6. The number of primary amides is 1. The lowest BCUT2D eigenvalue weighted by molar-refractivity contribution is -0.272. The molecule has 2 amide bonds. The van der Waals surface area contributed by atoms with E-state index in [0.29, 0.717) is 0 Å². The van der Waals surface area contributed by atoms with Gasteiger partial charge in [0, 0.05) is 29.3 Å². The highest BCUT2D eigenvalue weighted by molar-refractivity contribution is 6.32. The largest absolute Gasteiger partial charge is 0.493 e. The second kappa shape index (κ2) is 9.50. The minimum atomic E-state index is -4.88. The zero-order valence-corrected chi connectivity index (χ0v) is 19.8. The number of carbonyl (C=O) groups is 2. The fraction of sp³-hybridized carbons (Fsp3) is 0.409. The highest BCUT2D eigenvalue weighted by Gasteiger charge is 2.66. The van der Waals surface area contributed by atoms with Crippen molar-refractivity contribution in [3.05, 3.63) is 46.5 Å². The summed E-state index contributed by atoms with van der Waals surface area (Å²) in [5, 5.41) is 2.18. The van der Waals surface area contributed by atoms with Crippen molar-refractivity contribution in [3.63, 3.8) is 0 Å². The van der Waals surface area contributed by atoms with Crippen LogP contribution in [0.15, 0.2) is 24.4 Å².